The van der Waals surface area contributed by atoms with Crippen LogP contribution in [0.3, 0.4) is 0 Å². The number of rotatable bonds is 5. The second kappa shape index (κ2) is 6.68. The topological polar surface area (TPSA) is 88.2 Å². The lowest BCUT2D eigenvalue weighted by molar-refractivity contribution is -0.122. The molecule has 0 saturated carbocycles. The molecule has 1 aromatic heterocycles. The summed E-state index contributed by atoms with van der Waals surface area (Å²) < 4.78 is 0. The lowest BCUT2D eigenvalue weighted by Crippen LogP contribution is -2.41. The molecule has 0 spiro atoms. The highest BCUT2D eigenvalue weighted by molar-refractivity contribution is 5.81. The van der Waals surface area contributed by atoms with Crippen LogP contribution in [0.1, 0.15) is 11.1 Å². The summed E-state index contributed by atoms with van der Waals surface area (Å²) in [6.07, 6.45) is 3.79. The van der Waals surface area contributed by atoms with Crippen molar-refractivity contribution in [3.05, 3.63) is 59.9 Å². The number of amides is 1. The quantitative estimate of drug-likeness (QED) is 0.756. The normalized spacial score (nSPS) is 11.8. The highest BCUT2D eigenvalue weighted by atomic mass is 16.3. The van der Waals surface area contributed by atoms with Crippen LogP contribution in [0.4, 0.5) is 0 Å². The average Bonchev–Trinajstić information content (AvgIpc) is 2.48. The summed E-state index contributed by atoms with van der Waals surface area (Å²) >= 11 is 0. The Morgan fingerprint density at radius 3 is 2.45 bits per heavy atom. The van der Waals surface area contributed by atoms with E-state index in [2.05, 4.69) is 10.3 Å². The standard InChI is InChI=1S/C15H17N3O2/c16-14(9-11-1-3-13(19)4-2-11)15(20)18-10-12-5-7-17-8-6-12/h1-8,14,19H,9-10,16H2,(H,18,20)/t14-/m1/s1. The van der Waals surface area contributed by atoms with Gasteiger partial charge in [-0.15, -0.1) is 0 Å². The fourth-order valence-electron chi connectivity index (χ4n) is 1.80. The number of benzene rings is 1. The van der Waals surface area contributed by atoms with Crippen molar-refractivity contribution < 1.29 is 9.90 Å². The van der Waals surface area contributed by atoms with E-state index in [9.17, 15) is 9.90 Å². The third kappa shape index (κ3) is 4.07. The Morgan fingerprint density at radius 2 is 1.80 bits per heavy atom. The van der Waals surface area contributed by atoms with Crippen LogP contribution in [0.15, 0.2) is 48.8 Å². The zero-order valence-electron chi connectivity index (χ0n) is 11.0. The fraction of sp³-hybridized carbons (Fsp3) is 0.200. The molecule has 1 heterocycles. The summed E-state index contributed by atoms with van der Waals surface area (Å²) in [5.41, 5.74) is 7.75. The van der Waals surface area contributed by atoms with Gasteiger partial charge in [-0.05, 0) is 41.8 Å². The SMILES string of the molecule is N[C@H](Cc1ccc(O)cc1)C(=O)NCc1ccncc1. The number of nitrogens with one attached hydrogen (secondary N) is 1. The minimum Gasteiger partial charge on any atom is -0.508 e. The van der Waals surface area contributed by atoms with Gasteiger partial charge in [0, 0.05) is 18.9 Å². The molecular weight excluding hydrogens is 254 g/mol. The van der Waals surface area contributed by atoms with Gasteiger partial charge < -0.3 is 16.2 Å². The van der Waals surface area contributed by atoms with E-state index in [-0.39, 0.29) is 11.7 Å². The molecule has 2 aromatic rings. The van der Waals surface area contributed by atoms with Crippen LogP contribution in [0, 0.1) is 0 Å². The second-order valence-electron chi connectivity index (χ2n) is 4.55. The van der Waals surface area contributed by atoms with Crippen molar-refractivity contribution in [1.29, 1.82) is 0 Å². The highest BCUT2D eigenvalue weighted by Crippen LogP contribution is 2.10. The Labute approximate surface area is 117 Å². The third-order valence-electron chi connectivity index (χ3n) is 2.94. The van der Waals surface area contributed by atoms with Gasteiger partial charge in [0.1, 0.15) is 5.75 Å². The number of carbonyl (C=O) groups is 1. The molecule has 20 heavy (non-hydrogen) atoms. The van der Waals surface area contributed by atoms with Crippen molar-refractivity contribution in [3.8, 4) is 5.75 Å². The lowest BCUT2D eigenvalue weighted by Gasteiger charge is -2.12. The summed E-state index contributed by atoms with van der Waals surface area (Å²) in [6, 6.07) is 9.74. The molecule has 5 heteroatoms. The number of aromatic nitrogens is 1. The molecule has 0 bridgehead atoms. The van der Waals surface area contributed by atoms with Crippen molar-refractivity contribution >= 4 is 5.91 Å². The first-order valence-electron chi connectivity index (χ1n) is 6.35. The number of hydrogen-bond acceptors (Lipinski definition) is 4. The molecule has 1 amide bonds. The van der Waals surface area contributed by atoms with Crippen LogP contribution in [0.5, 0.6) is 5.75 Å². The molecule has 0 fully saturated rings. The molecule has 0 radical (unpaired) electrons. The van der Waals surface area contributed by atoms with Crippen molar-refractivity contribution in [2.75, 3.05) is 0 Å². The summed E-state index contributed by atoms with van der Waals surface area (Å²) in [7, 11) is 0. The number of aromatic hydroxyl groups is 1. The summed E-state index contributed by atoms with van der Waals surface area (Å²) in [6.45, 7) is 0.435. The van der Waals surface area contributed by atoms with E-state index < -0.39 is 6.04 Å². The van der Waals surface area contributed by atoms with Gasteiger partial charge in [0.2, 0.25) is 5.91 Å². The first-order chi connectivity index (χ1) is 9.65. The Morgan fingerprint density at radius 1 is 1.15 bits per heavy atom. The van der Waals surface area contributed by atoms with Gasteiger partial charge in [-0.25, -0.2) is 0 Å². The van der Waals surface area contributed by atoms with Crippen LogP contribution in [0.2, 0.25) is 0 Å². The molecule has 1 aromatic carbocycles. The molecule has 2 rings (SSSR count). The van der Waals surface area contributed by atoms with E-state index in [1.165, 1.54) is 0 Å². The average molecular weight is 271 g/mol. The zero-order valence-corrected chi connectivity index (χ0v) is 11.0. The molecule has 0 unspecified atom stereocenters. The van der Waals surface area contributed by atoms with E-state index in [1.54, 1.807) is 36.7 Å². The molecule has 1 atom stereocenters. The fourth-order valence-corrected chi connectivity index (χ4v) is 1.80. The van der Waals surface area contributed by atoms with Gasteiger partial charge in [0.25, 0.3) is 0 Å². The molecule has 0 aliphatic rings. The van der Waals surface area contributed by atoms with E-state index in [4.69, 9.17) is 5.73 Å². The maximum atomic E-state index is 11.9. The monoisotopic (exact) mass is 271 g/mol. The number of nitrogens with zero attached hydrogens (tertiary/aromatic N) is 1. The molecule has 104 valence electrons. The van der Waals surface area contributed by atoms with Crippen molar-refractivity contribution in [2.24, 2.45) is 5.73 Å². The van der Waals surface area contributed by atoms with Gasteiger partial charge in [-0.2, -0.15) is 0 Å². The minimum absolute atomic E-state index is 0.199. The predicted octanol–water partition coefficient (Wildman–Crippen LogP) is 0.973. The number of phenolic OH excluding ortho intramolecular Hbond substituents is 1. The van der Waals surface area contributed by atoms with Gasteiger partial charge in [0.15, 0.2) is 0 Å². The van der Waals surface area contributed by atoms with E-state index in [0.29, 0.717) is 13.0 Å². The van der Waals surface area contributed by atoms with Crippen LogP contribution < -0.4 is 11.1 Å². The molecular formula is C15H17N3O2. The van der Waals surface area contributed by atoms with Crippen LogP contribution in [-0.4, -0.2) is 22.0 Å². The Kier molecular flexibility index (Phi) is 4.68. The first-order valence-corrected chi connectivity index (χ1v) is 6.35. The summed E-state index contributed by atoms with van der Waals surface area (Å²) in [5.74, 6) is -0.000604. The maximum absolute atomic E-state index is 11.9. The van der Waals surface area contributed by atoms with Gasteiger partial charge in [0.05, 0.1) is 6.04 Å². The molecule has 0 aliphatic heterocycles. The highest BCUT2D eigenvalue weighted by Gasteiger charge is 2.13. The number of phenols is 1. The van der Waals surface area contributed by atoms with E-state index >= 15 is 0 Å². The molecule has 5 nitrogen and oxygen atoms in total. The van der Waals surface area contributed by atoms with Gasteiger partial charge in [-0.1, -0.05) is 12.1 Å². The number of nitrogens with two attached hydrogens (primary N) is 1. The van der Waals surface area contributed by atoms with Crippen LogP contribution in [-0.2, 0) is 17.8 Å². The van der Waals surface area contributed by atoms with E-state index in [1.807, 2.05) is 12.1 Å². The zero-order chi connectivity index (χ0) is 14.4. The number of carbonyl (C=O) groups excluding carboxylic acids is 1. The maximum Gasteiger partial charge on any atom is 0.237 e. The molecule has 0 aliphatic carbocycles. The van der Waals surface area contributed by atoms with E-state index in [0.717, 1.165) is 11.1 Å². The lowest BCUT2D eigenvalue weighted by atomic mass is 10.1. The summed E-state index contributed by atoms with van der Waals surface area (Å²) in [4.78, 5) is 15.8. The minimum atomic E-state index is -0.610. The molecule has 4 N–H and O–H groups in total. The Bertz CT molecular complexity index is 555. The third-order valence-corrected chi connectivity index (χ3v) is 2.94. The predicted molar refractivity (Wildman–Crippen MR) is 75.9 cm³/mol. The smallest absolute Gasteiger partial charge is 0.237 e. The Hall–Kier alpha value is -2.40. The van der Waals surface area contributed by atoms with Gasteiger partial charge in [-0.3, -0.25) is 9.78 Å². The summed E-state index contributed by atoms with van der Waals surface area (Å²) in [5, 5.41) is 12.0. The first kappa shape index (κ1) is 14.0. The number of pyridine rings is 1. The van der Waals surface area contributed by atoms with Crippen molar-refractivity contribution in [3.63, 3.8) is 0 Å². The number of hydrogen-bond donors (Lipinski definition) is 3. The van der Waals surface area contributed by atoms with Gasteiger partial charge >= 0.3 is 0 Å². The Balaban J connectivity index is 1.84. The van der Waals surface area contributed by atoms with Crippen molar-refractivity contribution in [2.45, 2.75) is 19.0 Å². The second-order valence-corrected chi connectivity index (χ2v) is 4.55. The van der Waals surface area contributed by atoms with Crippen LogP contribution in [0.25, 0.3) is 0 Å². The molecule has 0 saturated heterocycles. The largest absolute Gasteiger partial charge is 0.508 e. The van der Waals surface area contributed by atoms with Crippen molar-refractivity contribution in [1.82, 2.24) is 10.3 Å². The van der Waals surface area contributed by atoms with Crippen LogP contribution >= 0.6 is 0 Å².